The summed E-state index contributed by atoms with van der Waals surface area (Å²) in [5.74, 6) is -0.259. The first-order valence-corrected chi connectivity index (χ1v) is 6.66. The molecule has 0 saturated heterocycles. The zero-order valence-electron chi connectivity index (χ0n) is 11.1. The van der Waals surface area contributed by atoms with Crippen LogP contribution >= 0.6 is 12.6 Å². The molecule has 1 amide bonds. The number of thiol groups is 1. The number of rotatable bonds is 3. The number of amides is 1. The number of hydrogen-bond acceptors (Lipinski definition) is 4. The maximum atomic E-state index is 12.0. The lowest BCUT2D eigenvalue weighted by molar-refractivity contribution is -0.116. The predicted octanol–water partition coefficient (Wildman–Crippen LogP) is 1.11. The molecule has 3 N–H and O–H groups in total. The van der Waals surface area contributed by atoms with Gasteiger partial charge in [0.15, 0.2) is 0 Å². The van der Waals surface area contributed by atoms with Crippen LogP contribution in [0.15, 0.2) is 27.8 Å². The summed E-state index contributed by atoms with van der Waals surface area (Å²) in [6, 6.07) is 4.71. The molecular formula is C13H15N3O3S. The van der Waals surface area contributed by atoms with Crippen molar-refractivity contribution in [3.05, 3.63) is 38.9 Å². The van der Waals surface area contributed by atoms with Gasteiger partial charge in [0.05, 0.1) is 21.7 Å². The number of fused-ring (bicyclic) bond motifs is 1. The number of aromatic nitrogens is 2. The van der Waals surface area contributed by atoms with Crippen LogP contribution in [0.2, 0.25) is 0 Å². The van der Waals surface area contributed by atoms with Gasteiger partial charge in [-0.05, 0) is 18.1 Å². The smallest absolute Gasteiger partial charge is 0.272 e. The minimum absolute atomic E-state index is 0.0509. The van der Waals surface area contributed by atoms with Gasteiger partial charge in [0, 0.05) is 0 Å². The Bertz CT molecular complexity index is 763. The number of carbonyl (C=O) groups excluding carboxylic acids is 1. The normalized spacial score (nSPS) is 12.6. The Morgan fingerprint density at radius 1 is 1.20 bits per heavy atom. The molecule has 1 aromatic heterocycles. The fraction of sp³-hybridized carbons (Fsp3) is 0.308. The molecule has 6 nitrogen and oxygen atoms in total. The number of H-pyrrole nitrogens is 2. The van der Waals surface area contributed by atoms with E-state index in [2.05, 4.69) is 28.1 Å². The minimum atomic E-state index is -0.494. The summed E-state index contributed by atoms with van der Waals surface area (Å²) in [7, 11) is 0. The summed E-state index contributed by atoms with van der Waals surface area (Å²) in [5.41, 5.74) is -0.572. The molecule has 20 heavy (non-hydrogen) atoms. The molecule has 7 heteroatoms. The van der Waals surface area contributed by atoms with Crippen LogP contribution in [0.3, 0.4) is 0 Å². The van der Waals surface area contributed by atoms with Gasteiger partial charge in [-0.3, -0.25) is 24.6 Å². The molecule has 1 heterocycles. The van der Waals surface area contributed by atoms with E-state index >= 15 is 0 Å². The minimum Gasteiger partial charge on any atom is -0.324 e. The Labute approximate surface area is 120 Å². The molecule has 1 unspecified atom stereocenters. The van der Waals surface area contributed by atoms with Gasteiger partial charge in [-0.1, -0.05) is 19.9 Å². The fourth-order valence-corrected chi connectivity index (χ4v) is 1.91. The summed E-state index contributed by atoms with van der Waals surface area (Å²) in [6.07, 6.45) is 0. The first-order chi connectivity index (χ1) is 9.41. The van der Waals surface area contributed by atoms with Gasteiger partial charge in [-0.2, -0.15) is 12.6 Å². The standard InChI is InChI=1S/C13H15N3O3S/c1-6(2)10(20)13(19)14-8-5-3-4-7-9(8)12(18)16-15-11(7)17/h3-6,10,20H,1-2H3,(H,14,19)(H,15,17)(H,16,18). The number of nitrogens with one attached hydrogen (secondary N) is 3. The van der Waals surface area contributed by atoms with E-state index in [1.807, 2.05) is 13.8 Å². The lowest BCUT2D eigenvalue weighted by Gasteiger charge is -2.15. The Hall–Kier alpha value is -2.02. The van der Waals surface area contributed by atoms with Gasteiger partial charge >= 0.3 is 0 Å². The third kappa shape index (κ3) is 2.62. The van der Waals surface area contributed by atoms with Gasteiger partial charge in [0.2, 0.25) is 5.91 Å². The first-order valence-electron chi connectivity index (χ1n) is 6.14. The molecule has 0 fully saturated rings. The summed E-state index contributed by atoms with van der Waals surface area (Å²) < 4.78 is 0. The summed E-state index contributed by atoms with van der Waals surface area (Å²) >= 11 is 4.22. The highest BCUT2D eigenvalue weighted by Gasteiger charge is 2.19. The maximum absolute atomic E-state index is 12.0. The molecule has 2 rings (SSSR count). The number of benzene rings is 1. The Morgan fingerprint density at radius 3 is 2.50 bits per heavy atom. The Kier molecular flexibility index (Phi) is 3.99. The molecule has 0 radical (unpaired) electrons. The largest absolute Gasteiger partial charge is 0.324 e. The topological polar surface area (TPSA) is 94.8 Å². The van der Waals surface area contributed by atoms with E-state index in [9.17, 15) is 14.4 Å². The average Bonchev–Trinajstić information content (AvgIpc) is 2.42. The third-order valence-electron chi connectivity index (χ3n) is 2.98. The highest BCUT2D eigenvalue weighted by Crippen LogP contribution is 2.19. The quantitative estimate of drug-likeness (QED) is 0.638. The molecule has 0 bridgehead atoms. The highest BCUT2D eigenvalue weighted by atomic mass is 32.1. The molecule has 1 atom stereocenters. The van der Waals surface area contributed by atoms with E-state index in [4.69, 9.17) is 0 Å². The van der Waals surface area contributed by atoms with Crippen molar-refractivity contribution in [3.8, 4) is 0 Å². The Balaban J connectivity index is 2.51. The van der Waals surface area contributed by atoms with E-state index in [0.717, 1.165) is 0 Å². The van der Waals surface area contributed by atoms with Gasteiger partial charge in [0.1, 0.15) is 0 Å². The molecule has 0 saturated carbocycles. The number of aromatic amines is 2. The number of hydrogen-bond donors (Lipinski definition) is 4. The second-order valence-electron chi connectivity index (χ2n) is 4.81. The molecule has 0 aliphatic heterocycles. The summed E-state index contributed by atoms with van der Waals surface area (Å²) in [5, 5.41) is 7.03. The second-order valence-corrected chi connectivity index (χ2v) is 5.37. The maximum Gasteiger partial charge on any atom is 0.272 e. The van der Waals surface area contributed by atoms with Crippen molar-refractivity contribution >= 4 is 35.0 Å². The van der Waals surface area contributed by atoms with Crippen LogP contribution < -0.4 is 16.4 Å². The SMILES string of the molecule is CC(C)C(S)C(=O)Nc1cccc2c(=O)[nH][nH]c(=O)c12. The summed E-state index contributed by atoms with van der Waals surface area (Å²) in [6.45, 7) is 3.75. The molecule has 2 aromatic rings. The van der Waals surface area contributed by atoms with Gasteiger partial charge < -0.3 is 5.32 Å². The molecule has 106 valence electrons. The monoisotopic (exact) mass is 293 g/mol. The second kappa shape index (κ2) is 5.54. The van der Waals surface area contributed by atoms with Crippen molar-refractivity contribution < 1.29 is 4.79 Å². The van der Waals surface area contributed by atoms with Crippen molar-refractivity contribution in [1.29, 1.82) is 0 Å². The molecular weight excluding hydrogens is 278 g/mol. The number of anilines is 1. The van der Waals surface area contributed by atoms with E-state index in [0.29, 0.717) is 5.69 Å². The van der Waals surface area contributed by atoms with Gasteiger partial charge in [0.25, 0.3) is 11.1 Å². The average molecular weight is 293 g/mol. The van der Waals surface area contributed by atoms with Gasteiger partial charge in [-0.15, -0.1) is 0 Å². The summed E-state index contributed by atoms with van der Waals surface area (Å²) in [4.78, 5) is 35.5. The van der Waals surface area contributed by atoms with Crippen molar-refractivity contribution in [2.45, 2.75) is 19.1 Å². The van der Waals surface area contributed by atoms with Crippen molar-refractivity contribution in [2.75, 3.05) is 5.32 Å². The highest BCUT2D eigenvalue weighted by molar-refractivity contribution is 7.81. The zero-order chi connectivity index (χ0) is 14.9. The van der Waals surface area contributed by atoms with Crippen LogP contribution in [-0.4, -0.2) is 21.4 Å². The Morgan fingerprint density at radius 2 is 1.85 bits per heavy atom. The molecule has 0 aliphatic rings. The van der Waals surface area contributed by atoms with E-state index < -0.39 is 16.4 Å². The molecule has 1 aromatic carbocycles. The van der Waals surface area contributed by atoms with Crippen LogP contribution in [0.1, 0.15) is 13.8 Å². The van der Waals surface area contributed by atoms with E-state index in [1.165, 1.54) is 6.07 Å². The fourth-order valence-electron chi connectivity index (χ4n) is 1.84. The van der Waals surface area contributed by atoms with Crippen molar-refractivity contribution in [3.63, 3.8) is 0 Å². The van der Waals surface area contributed by atoms with Crippen molar-refractivity contribution in [1.82, 2.24) is 10.2 Å². The predicted molar refractivity (Wildman–Crippen MR) is 81.4 cm³/mol. The van der Waals surface area contributed by atoms with Crippen LogP contribution in [0.4, 0.5) is 5.69 Å². The van der Waals surface area contributed by atoms with E-state index in [1.54, 1.807) is 12.1 Å². The third-order valence-corrected chi connectivity index (χ3v) is 3.81. The lowest BCUT2D eigenvalue weighted by Crippen LogP contribution is -2.28. The lowest BCUT2D eigenvalue weighted by atomic mass is 10.1. The molecule has 0 spiro atoms. The van der Waals surface area contributed by atoms with Crippen LogP contribution in [-0.2, 0) is 4.79 Å². The van der Waals surface area contributed by atoms with Crippen LogP contribution in [0.25, 0.3) is 10.8 Å². The number of carbonyl (C=O) groups is 1. The van der Waals surface area contributed by atoms with Crippen LogP contribution in [0, 0.1) is 5.92 Å². The van der Waals surface area contributed by atoms with Crippen molar-refractivity contribution in [2.24, 2.45) is 5.92 Å². The zero-order valence-corrected chi connectivity index (χ0v) is 12.0. The first kappa shape index (κ1) is 14.4. The van der Waals surface area contributed by atoms with Crippen LogP contribution in [0.5, 0.6) is 0 Å². The molecule has 0 aliphatic carbocycles. The van der Waals surface area contributed by atoms with E-state index in [-0.39, 0.29) is 22.6 Å². The van der Waals surface area contributed by atoms with Gasteiger partial charge in [-0.25, -0.2) is 0 Å².